The summed E-state index contributed by atoms with van der Waals surface area (Å²) in [4.78, 5) is 6.99. The minimum absolute atomic E-state index is 0. The van der Waals surface area contributed by atoms with E-state index >= 15 is 0 Å². The second-order valence-electron chi connectivity index (χ2n) is 6.77. The lowest BCUT2D eigenvalue weighted by Gasteiger charge is -2.13. The van der Waals surface area contributed by atoms with E-state index in [1.807, 2.05) is 18.2 Å². The van der Waals surface area contributed by atoms with Crippen molar-refractivity contribution in [1.29, 1.82) is 0 Å². The molecule has 0 unspecified atom stereocenters. The molecular weight excluding hydrogens is 364 g/mol. The number of hydrogen-bond donors (Lipinski definition) is 1. The highest BCUT2D eigenvalue weighted by Crippen LogP contribution is 2.32. The zero-order valence-electron chi connectivity index (χ0n) is 15.6. The van der Waals surface area contributed by atoms with Gasteiger partial charge in [0.15, 0.2) is 11.5 Å². The predicted octanol–water partition coefficient (Wildman–Crippen LogP) is 3.75. The Morgan fingerprint density at radius 2 is 1.93 bits per heavy atom. The number of halogens is 1. The molecule has 0 bridgehead atoms. The molecule has 1 aromatic heterocycles. The molecule has 0 atom stereocenters. The standard InChI is InChI=1S/C20H24N4O2.ClH/c1-23(2)10-5-11-24-17-7-4-3-6-16(17)22-20(24)21-13-15-8-9-18-19(12-15)26-14-25-18;/h3-4,6-9,12H,5,10-11,13-14H2,1-2H3,(H,21,22);1H. The molecule has 7 heteroatoms. The van der Waals surface area contributed by atoms with Gasteiger partial charge in [0.05, 0.1) is 11.0 Å². The van der Waals surface area contributed by atoms with E-state index in [1.165, 1.54) is 5.52 Å². The highest BCUT2D eigenvalue weighted by Gasteiger charge is 2.14. The first-order chi connectivity index (χ1) is 12.7. The van der Waals surface area contributed by atoms with Crippen molar-refractivity contribution in [1.82, 2.24) is 14.5 Å². The van der Waals surface area contributed by atoms with Crippen LogP contribution in [0, 0.1) is 0 Å². The molecule has 0 saturated heterocycles. The lowest BCUT2D eigenvalue weighted by Crippen LogP contribution is -2.16. The van der Waals surface area contributed by atoms with Crippen LogP contribution in [0.25, 0.3) is 11.0 Å². The van der Waals surface area contributed by atoms with Gasteiger partial charge in [0.2, 0.25) is 12.7 Å². The number of nitrogens with zero attached hydrogens (tertiary/aromatic N) is 3. The molecule has 0 saturated carbocycles. The Hall–Kier alpha value is -2.44. The summed E-state index contributed by atoms with van der Waals surface area (Å²) in [6.45, 7) is 2.97. The summed E-state index contributed by atoms with van der Waals surface area (Å²) in [5.74, 6) is 2.52. The van der Waals surface area contributed by atoms with E-state index in [4.69, 9.17) is 14.5 Å². The Balaban J connectivity index is 0.00000210. The summed E-state index contributed by atoms with van der Waals surface area (Å²) in [7, 11) is 4.20. The molecule has 0 aliphatic carbocycles. The Kier molecular flexibility index (Phi) is 6.08. The second kappa shape index (κ2) is 8.50. The van der Waals surface area contributed by atoms with Gasteiger partial charge >= 0.3 is 0 Å². The van der Waals surface area contributed by atoms with Crippen molar-refractivity contribution < 1.29 is 9.47 Å². The Morgan fingerprint density at radius 1 is 1.11 bits per heavy atom. The Morgan fingerprint density at radius 3 is 2.78 bits per heavy atom. The van der Waals surface area contributed by atoms with E-state index in [9.17, 15) is 0 Å². The largest absolute Gasteiger partial charge is 0.454 e. The van der Waals surface area contributed by atoms with Crippen molar-refractivity contribution in [3.8, 4) is 11.5 Å². The van der Waals surface area contributed by atoms with Crippen LogP contribution in [0.15, 0.2) is 42.5 Å². The van der Waals surface area contributed by atoms with Crippen LogP contribution < -0.4 is 14.8 Å². The minimum Gasteiger partial charge on any atom is -0.454 e. The van der Waals surface area contributed by atoms with Crippen molar-refractivity contribution in [3.63, 3.8) is 0 Å². The molecule has 2 heterocycles. The number of rotatable bonds is 7. The molecule has 1 aliphatic rings. The fraction of sp³-hybridized carbons (Fsp3) is 0.350. The van der Waals surface area contributed by atoms with Gasteiger partial charge in [-0.3, -0.25) is 0 Å². The first-order valence-corrected chi connectivity index (χ1v) is 8.93. The van der Waals surface area contributed by atoms with E-state index in [0.717, 1.165) is 48.0 Å². The van der Waals surface area contributed by atoms with Crippen molar-refractivity contribution in [3.05, 3.63) is 48.0 Å². The van der Waals surface area contributed by atoms with Gasteiger partial charge in [-0.15, -0.1) is 12.4 Å². The van der Waals surface area contributed by atoms with Gasteiger partial charge in [-0.05, 0) is 56.9 Å². The van der Waals surface area contributed by atoms with Gasteiger partial charge in [-0.25, -0.2) is 4.98 Å². The molecule has 2 aromatic carbocycles. The maximum Gasteiger partial charge on any atom is 0.231 e. The summed E-state index contributed by atoms with van der Waals surface area (Å²) >= 11 is 0. The average Bonchev–Trinajstić information content (AvgIpc) is 3.24. The molecule has 27 heavy (non-hydrogen) atoms. The monoisotopic (exact) mass is 388 g/mol. The third-order valence-electron chi connectivity index (χ3n) is 4.53. The van der Waals surface area contributed by atoms with Crippen LogP contribution in [0.3, 0.4) is 0 Å². The van der Waals surface area contributed by atoms with Crippen molar-refractivity contribution >= 4 is 29.4 Å². The first kappa shape index (κ1) is 19.3. The molecule has 144 valence electrons. The second-order valence-corrected chi connectivity index (χ2v) is 6.77. The van der Waals surface area contributed by atoms with Gasteiger partial charge in [0.1, 0.15) is 0 Å². The van der Waals surface area contributed by atoms with Gasteiger partial charge in [0, 0.05) is 13.1 Å². The van der Waals surface area contributed by atoms with Gasteiger partial charge < -0.3 is 24.3 Å². The van der Waals surface area contributed by atoms with E-state index in [1.54, 1.807) is 0 Å². The molecule has 0 amide bonds. The topological polar surface area (TPSA) is 51.5 Å². The van der Waals surface area contributed by atoms with Gasteiger partial charge in [-0.1, -0.05) is 18.2 Å². The first-order valence-electron chi connectivity index (χ1n) is 8.93. The van der Waals surface area contributed by atoms with E-state index < -0.39 is 0 Å². The highest BCUT2D eigenvalue weighted by molar-refractivity contribution is 5.85. The molecule has 0 fully saturated rings. The van der Waals surface area contributed by atoms with Crippen molar-refractivity contribution in [2.75, 3.05) is 32.7 Å². The van der Waals surface area contributed by atoms with Gasteiger partial charge in [-0.2, -0.15) is 0 Å². The fourth-order valence-electron chi connectivity index (χ4n) is 3.21. The van der Waals surface area contributed by atoms with Crippen molar-refractivity contribution in [2.24, 2.45) is 0 Å². The normalized spacial score (nSPS) is 12.4. The summed E-state index contributed by atoms with van der Waals surface area (Å²) in [5.41, 5.74) is 3.33. The molecule has 4 rings (SSSR count). The number of para-hydroxylation sites is 2. The van der Waals surface area contributed by atoms with Crippen LogP contribution >= 0.6 is 12.4 Å². The number of fused-ring (bicyclic) bond motifs is 2. The number of aromatic nitrogens is 2. The maximum atomic E-state index is 5.46. The molecular formula is C20H25ClN4O2. The van der Waals surface area contributed by atoms with E-state index in [-0.39, 0.29) is 12.4 Å². The van der Waals surface area contributed by atoms with Crippen LogP contribution in [-0.2, 0) is 13.1 Å². The number of anilines is 1. The highest BCUT2D eigenvalue weighted by atomic mass is 35.5. The molecule has 6 nitrogen and oxygen atoms in total. The Labute approximate surface area is 165 Å². The number of aryl methyl sites for hydroxylation is 1. The summed E-state index contributed by atoms with van der Waals surface area (Å²) in [6, 6.07) is 14.3. The number of benzene rings is 2. The Bertz CT molecular complexity index is 910. The molecule has 3 aromatic rings. The molecule has 1 N–H and O–H groups in total. The van der Waals surface area contributed by atoms with Crippen LogP contribution in [0.2, 0.25) is 0 Å². The van der Waals surface area contributed by atoms with Gasteiger partial charge in [0.25, 0.3) is 0 Å². The number of hydrogen-bond acceptors (Lipinski definition) is 5. The number of imidazole rings is 1. The van der Waals surface area contributed by atoms with E-state index in [2.05, 4.69) is 53.1 Å². The zero-order valence-corrected chi connectivity index (χ0v) is 16.5. The summed E-state index contributed by atoms with van der Waals surface area (Å²) in [5, 5.41) is 3.49. The number of ether oxygens (including phenoxy) is 2. The average molecular weight is 389 g/mol. The fourth-order valence-corrected chi connectivity index (χ4v) is 3.21. The number of nitrogens with one attached hydrogen (secondary N) is 1. The zero-order chi connectivity index (χ0) is 17.9. The third kappa shape index (κ3) is 4.28. The maximum absolute atomic E-state index is 5.46. The third-order valence-corrected chi connectivity index (χ3v) is 4.53. The van der Waals surface area contributed by atoms with Crippen LogP contribution in [0.5, 0.6) is 11.5 Å². The lowest BCUT2D eigenvalue weighted by atomic mass is 10.2. The summed E-state index contributed by atoms with van der Waals surface area (Å²) in [6.07, 6.45) is 1.08. The van der Waals surface area contributed by atoms with Crippen LogP contribution in [0.1, 0.15) is 12.0 Å². The van der Waals surface area contributed by atoms with Crippen LogP contribution in [0.4, 0.5) is 5.95 Å². The summed E-state index contributed by atoms with van der Waals surface area (Å²) < 4.78 is 13.1. The molecule has 1 aliphatic heterocycles. The molecule has 0 radical (unpaired) electrons. The van der Waals surface area contributed by atoms with Crippen LogP contribution in [-0.4, -0.2) is 41.9 Å². The predicted molar refractivity (Wildman–Crippen MR) is 110 cm³/mol. The van der Waals surface area contributed by atoms with Crippen molar-refractivity contribution in [2.45, 2.75) is 19.5 Å². The SMILES string of the molecule is CN(C)CCCn1c(NCc2ccc3c(c2)OCO3)nc2ccccc21.Cl. The quantitative estimate of drug-likeness (QED) is 0.668. The smallest absolute Gasteiger partial charge is 0.231 e. The lowest BCUT2D eigenvalue weighted by molar-refractivity contribution is 0.174. The van der Waals surface area contributed by atoms with E-state index in [0.29, 0.717) is 13.3 Å². The molecule has 0 spiro atoms. The minimum atomic E-state index is 0.